The number of nitrogens with zero attached hydrogens (tertiary/aromatic N) is 3. The molecule has 5 heterocycles. The highest BCUT2D eigenvalue weighted by atomic mass is 16.5. The molecule has 1 unspecified atom stereocenters. The lowest BCUT2D eigenvalue weighted by atomic mass is 9.80. The average Bonchev–Trinajstić information content (AvgIpc) is 3.76. The minimum absolute atomic E-state index is 0.0400. The molecule has 0 amide bonds. The molecule has 8 aromatic rings. The lowest BCUT2D eigenvalue weighted by Gasteiger charge is -2.33. The van der Waals surface area contributed by atoms with Gasteiger partial charge in [0.25, 0.3) is 0 Å². The minimum Gasteiger partial charge on any atom is -0.392 e. The zero-order valence-corrected chi connectivity index (χ0v) is 36.1. The molecule has 0 radical (unpaired) electrons. The van der Waals surface area contributed by atoms with Crippen LogP contribution in [0.4, 0.5) is 0 Å². The Kier molecular flexibility index (Phi) is 6.47. The lowest BCUT2D eigenvalue weighted by Crippen LogP contribution is -2.78. The number of para-hydroxylation sites is 1. The number of rotatable bonds is 5. The van der Waals surface area contributed by atoms with Crippen molar-refractivity contribution >= 4 is 11.0 Å². The van der Waals surface area contributed by atoms with Gasteiger partial charge in [-0.3, -0.25) is 0 Å². The molecule has 3 aliphatic heterocycles. The largest absolute Gasteiger partial charge is 0.499 e. The molecule has 3 aliphatic rings. The van der Waals surface area contributed by atoms with Crippen LogP contribution in [0.1, 0.15) is 107 Å². The second-order valence-corrected chi connectivity index (χ2v) is 18.5. The summed E-state index contributed by atoms with van der Waals surface area (Å²) in [5, 5.41) is 0. The molecule has 4 heteroatoms. The third-order valence-electron chi connectivity index (χ3n) is 12.9. The van der Waals surface area contributed by atoms with Crippen molar-refractivity contribution in [1.29, 1.82) is 0 Å². The molecule has 60 heavy (non-hydrogen) atoms. The molecule has 0 saturated heterocycles. The highest BCUT2D eigenvalue weighted by Crippen LogP contribution is 2.55. The maximum atomic E-state index is 9.14. The van der Waals surface area contributed by atoms with Crippen molar-refractivity contribution in [3.8, 4) is 67.5 Å². The number of pyridine rings is 1. The lowest BCUT2D eigenvalue weighted by molar-refractivity contribution is -0.997. The van der Waals surface area contributed by atoms with Gasteiger partial charge in [0.15, 0.2) is 23.0 Å². The summed E-state index contributed by atoms with van der Waals surface area (Å²) >= 11 is 0. The van der Waals surface area contributed by atoms with Gasteiger partial charge >= 0.3 is 11.7 Å². The van der Waals surface area contributed by atoms with Crippen LogP contribution in [0.25, 0.3) is 72.7 Å². The molecule has 1 atom stereocenters. The Balaban J connectivity index is 1.25. The highest BCUT2D eigenvalue weighted by molar-refractivity contribution is 5.98. The van der Waals surface area contributed by atoms with Crippen molar-refractivity contribution in [2.24, 2.45) is 0 Å². The third-order valence-corrected chi connectivity index (χ3v) is 12.9. The first-order valence-electron chi connectivity index (χ1n) is 24.0. The second kappa shape index (κ2) is 12.6. The van der Waals surface area contributed by atoms with Crippen LogP contribution in [-0.2, 0) is 11.3 Å². The average molecular weight is 790 g/mol. The molecular weight excluding hydrogens is 731 g/mol. The Labute approximate surface area is 362 Å². The SMILES string of the molecule is [2H]c1c([2H])c(-c2cc[n+]3c(c2)-c2cc(C(C)(C)C)cc4c2C32Oc3c(C)cc(C)cc3-c3n(-c5ccc(-c6c(C([2H])(C)C)cccc6C([2H])(C)C)cc5)c5cccc-4c5[n+]32)c([2H])c([2H])c1C. The summed E-state index contributed by atoms with van der Waals surface area (Å²) < 4.78 is 68.5. The van der Waals surface area contributed by atoms with E-state index in [1.54, 1.807) is 6.92 Å². The fourth-order valence-corrected chi connectivity index (χ4v) is 10.1. The van der Waals surface area contributed by atoms with Crippen LogP contribution in [0.15, 0.2) is 127 Å². The molecule has 11 rings (SSSR count). The van der Waals surface area contributed by atoms with Crippen molar-refractivity contribution < 1.29 is 22.1 Å². The second-order valence-electron chi connectivity index (χ2n) is 18.5. The molecular formula is C56H53N3O+2. The monoisotopic (exact) mass is 789 g/mol. The van der Waals surface area contributed by atoms with Gasteiger partial charge in [-0.25, -0.2) is 0 Å². The van der Waals surface area contributed by atoms with Crippen molar-refractivity contribution in [3.05, 3.63) is 166 Å². The molecule has 6 aromatic carbocycles. The summed E-state index contributed by atoms with van der Waals surface area (Å²) in [7, 11) is 0. The van der Waals surface area contributed by atoms with Crippen LogP contribution in [0, 0.1) is 20.8 Å². The number of imidazole rings is 1. The van der Waals surface area contributed by atoms with Crippen LogP contribution >= 0.6 is 0 Å². The fraction of sp³-hybridized carbons (Fsp3) is 0.250. The molecule has 0 N–H and O–H groups in total. The number of ether oxygens (including phenoxy) is 1. The van der Waals surface area contributed by atoms with Crippen LogP contribution in [0.3, 0.4) is 0 Å². The van der Waals surface area contributed by atoms with Crippen molar-refractivity contribution in [2.45, 2.75) is 92.3 Å². The van der Waals surface area contributed by atoms with Gasteiger partial charge in [0.1, 0.15) is 16.8 Å². The number of hydrogen-bond acceptors (Lipinski definition) is 1. The first kappa shape index (κ1) is 30.7. The predicted molar refractivity (Wildman–Crippen MR) is 245 cm³/mol. The highest BCUT2D eigenvalue weighted by Gasteiger charge is 2.68. The Morgan fingerprint density at radius 3 is 2.05 bits per heavy atom. The smallest absolute Gasteiger partial charge is 0.392 e. The van der Waals surface area contributed by atoms with E-state index in [-0.39, 0.29) is 35.1 Å². The van der Waals surface area contributed by atoms with Gasteiger partial charge < -0.3 is 4.74 Å². The summed E-state index contributed by atoms with van der Waals surface area (Å²) in [5.41, 5.74) is 16.8. The van der Waals surface area contributed by atoms with E-state index in [4.69, 9.17) is 13.0 Å². The van der Waals surface area contributed by atoms with E-state index in [9.17, 15) is 0 Å². The minimum atomic E-state index is -1.23. The molecule has 2 aromatic heterocycles. The molecule has 4 nitrogen and oxygen atoms in total. The molecule has 0 saturated carbocycles. The first-order chi connectivity index (χ1) is 31.0. The Morgan fingerprint density at radius 2 is 1.37 bits per heavy atom. The van der Waals surface area contributed by atoms with E-state index in [0.717, 1.165) is 101 Å². The Hall–Kier alpha value is -6.26. The van der Waals surface area contributed by atoms with E-state index in [1.165, 1.54) is 0 Å². The van der Waals surface area contributed by atoms with Crippen LogP contribution in [0.5, 0.6) is 5.75 Å². The van der Waals surface area contributed by atoms with E-state index in [2.05, 4.69) is 115 Å². The zero-order chi connectivity index (χ0) is 46.9. The normalized spacial score (nSPS) is 17.4. The number of hydrogen-bond donors (Lipinski definition) is 0. The standard InChI is InChI=1S/C56H53N3O/c1-32(2)42-13-11-14-43(33(3)4)50(42)38-21-23-41(24-22-38)58-48-16-12-15-44-45-30-40(55(8,9)10)31-46-49-29-39(37-19-17-34(5)18-20-37)25-26-57(49)56(51(45)46)59(52(44)48)54(58)47-28-35(6)27-36(7)53(47)60-56/h11-33H,1-10H3/q+2/i17D,18D,19D,20D,32D,33D. The van der Waals surface area contributed by atoms with Gasteiger partial charge in [0, 0.05) is 26.0 Å². The van der Waals surface area contributed by atoms with Crippen LogP contribution in [-0.4, -0.2) is 4.57 Å². The molecule has 1 spiro atoms. The number of fused-ring (bicyclic) bond motifs is 5. The van der Waals surface area contributed by atoms with Gasteiger partial charge in [0.2, 0.25) is 5.69 Å². The summed E-state index contributed by atoms with van der Waals surface area (Å²) in [6.45, 7) is 20.2. The fourth-order valence-electron chi connectivity index (χ4n) is 10.1. The van der Waals surface area contributed by atoms with Gasteiger partial charge in [-0.05, 0) is 131 Å². The topological polar surface area (TPSA) is 21.9 Å². The van der Waals surface area contributed by atoms with Crippen molar-refractivity contribution in [2.75, 3.05) is 0 Å². The van der Waals surface area contributed by atoms with Gasteiger partial charge in [-0.1, -0.05) is 121 Å². The van der Waals surface area contributed by atoms with Crippen molar-refractivity contribution in [1.82, 2.24) is 4.57 Å². The summed E-state index contributed by atoms with van der Waals surface area (Å²) in [5.74, 6) is -1.28. The quantitative estimate of drug-likeness (QED) is 0.159. The number of aryl methyl sites for hydroxylation is 2. The number of aromatic nitrogens is 3. The summed E-state index contributed by atoms with van der Waals surface area (Å²) in [6, 6.07) is 33.9. The first-order valence-corrected chi connectivity index (χ1v) is 21.0. The number of benzene rings is 6. The maximum absolute atomic E-state index is 9.14. The molecule has 296 valence electrons. The predicted octanol–water partition coefficient (Wildman–Crippen LogP) is 13.2. The van der Waals surface area contributed by atoms with E-state index >= 15 is 0 Å². The molecule has 0 fully saturated rings. The van der Waals surface area contributed by atoms with Crippen molar-refractivity contribution in [3.63, 3.8) is 0 Å². The molecule has 0 aliphatic carbocycles. The maximum Gasteiger partial charge on any atom is 0.499 e. The van der Waals surface area contributed by atoms with E-state index in [0.29, 0.717) is 11.1 Å². The molecule has 0 bridgehead atoms. The van der Waals surface area contributed by atoms with Crippen LogP contribution in [0.2, 0.25) is 0 Å². The van der Waals surface area contributed by atoms with E-state index < -0.39 is 17.6 Å². The Bertz CT molecular complexity index is 3410. The summed E-state index contributed by atoms with van der Waals surface area (Å²) in [4.78, 5) is 0. The van der Waals surface area contributed by atoms with Crippen LogP contribution < -0.4 is 13.9 Å². The van der Waals surface area contributed by atoms with Gasteiger partial charge in [-0.15, -0.1) is 9.13 Å². The van der Waals surface area contributed by atoms with Gasteiger partial charge in [0.05, 0.1) is 11.0 Å². The summed E-state index contributed by atoms with van der Waals surface area (Å²) in [6.07, 6.45) is 2.00. The Morgan fingerprint density at radius 1 is 0.683 bits per heavy atom. The zero-order valence-electron chi connectivity index (χ0n) is 42.1. The van der Waals surface area contributed by atoms with Gasteiger partial charge in [-0.2, -0.15) is 4.57 Å². The van der Waals surface area contributed by atoms with E-state index in [1.807, 2.05) is 64.2 Å². The third kappa shape index (κ3) is 4.97.